The molecule has 0 atom stereocenters. The molecule has 0 aliphatic carbocycles. The second-order valence-electron chi connectivity index (χ2n) is 4.50. The number of esters is 1. The van der Waals surface area contributed by atoms with Crippen LogP contribution in [-0.2, 0) is 16.0 Å². The predicted octanol–water partition coefficient (Wildman–Crippen LogP) is 1.97. The van der Waals surface area contributed by atoms with Crippen LogP contribution >= 0.6 is 0 Å². The molecular weight excluding hydrogens is 206 g/mol. The number of hydrogen-bond donors (Lipinski definition) is 0. The van der Waals surface area contributed by atoms with Gasteiger partial charge in [0, 0.05) is 6.20 Å². The van der Waals surface area contributed by atoms with Gasteiger partial charge in [0.2, 0.25) is 0 Å². The van der Waals surface area contributed by atoms with E-state index in [1.807, 2.05) is 20.8 Å². The molecule has 0 amide bonds. The second kappa shape index (κ2) is 4.96. The van der Waals surface area contributed by atoms with Gasteiger partial charge >= 0.3 is 5.97 Å². The van der Waals surface area contributed by atoms with Crippen molar-refractivity contribution in [2.24, 2.45) is 0 Å². The average Bonchev–Trinajstić information content (AvgIpc) is 2.15. The Labute approximate surface area is 95.6 Å². The number of pyridine rings is 1. The van der Waals surface area contributed by atoms with Gasteiger partial charge in [-0.25, -0.2) is 0 Å². The Bertz CT molecular complexity index is 369. The van der Waals surface area contributed by atoms with Crippen LogP contribution < -0.4 is 4.74 Å². The lowest BCUT2D eigenvalue weighted by Crippen LogP contribution is -2.24. The lowest BCUT2D eigenvalue weighted by atomic mass is 10.1. The minimum atomic E-state index is -0.455. The number of carbonyl (C=O) groups excluding carboxylic acids is 1. The van der Waals surface area contributed by atoms with Gasteiger partial charge in [0.05, 0.1) is 19.7 Å². The van der Waals surface area contributed by atoms with Crippen molar-refractivity contribution in [3.8, 4) is 5.75 Å². The monoisotopic (exact) mass is 223 g/mol. The molecular formula is C12H17NO3. The zero-order valence-corrected chi connectivity index (χ0v) is 10.1. The topological polar surface area (TPSA) is 48.4 Å². The van der Waals surface area contributed by atoms with E-state index in [1.165, 1.54) is 0 Å². The molecule has 0 bridgehead atoms. The molecule has 88 valence electrons. The summed E-state index contributed by atoms with van der Waals surface area (Å²) in [4.78, 5) is 15.5. The van der Waals surface area contributed by atoms with Crippen LogP contribution in [0.1, 0.15) is 26.3 Å². The van der Waals surface area contributed by atoms with E-state index in [0.29, 0.717) is 5.75 Å². The van der Waals surface area contributed by atoms with E-state index in [1.54, 1.807) is 25.6 Å². The maximum atomic E-state index is 11.5. The summed E-state index contributed by atoms with van der Waals surface area (Å²) in [7, 11) is 1.56. The zero-order valence-electron chi connectivity index (χ0n) is 10.1. The highest BCUT2D eigenvalue weighted by Gasteiger charge is 2.16. The predicted molar refractivity (Wildman–Crippen MR) is 60.3 cm³/mol. The third kappa shape index (κ3) is 4.29. The number of nitrogens with zero attached hydrogens (tertiary/aromatic N) is 1. The van der Waals surface area contributed by atoms with Crippen molar-refractivity contribution in [3.05, 3.63) is 24.0 Å². The second-order valence-corrected chi connectivity index (χ2v) is 4.50. The lowest BCUT2D eigenvalue weighted by Gasteiger charge is -2.19. The summed E-state index contributed by atoms with van der Waals surface area (Å²) < 4.78 is 10.2. The van der Waals surface area contributed by atoms with Crippen LogP contribution in [0.25, 0.3) is 0 Å². The number of methoxy groups -OCH3 is 1. The molecule has 0 radical (unpaired) electrons. The molecule has 1 aromatic heterocycles. The molecule has 0 aliphatic heterocycles. The fraction of sp³-hybridized carbons (Fsp3) is 0.500. The first-order chi connectivity index (χ1) is 7.40. The van der Waals surface area contributed by atoms with Crippen LogP contribution in [-0.4, -0.2) is 23.7 Å². The largest absolute Gasteiger partial charge is 0.495 e. The molecule has 1 heterocycles. The molecule has 0 aromatic carbocycles. The van der Waals surface area contributed by atoms with Crippen LogP contribution in [0.4, 0.5) is 0 Å². The van der Waals surface area contributed by atoms with E-state index >= 15 is 0 Å². The Morgan fingerprint density at radius 2 is 2.06 bits per heavy atom. The Morgan fingerprint density at radius 1 is 1.38 bits per heavy atom. The molecule has 16 heavy (non-hydrogen) atoms. The standard InChI is InChI=1S/C12H17NO3/c1-12(2,3)16-11(14)6-9-5-10(15-4)8-13-7-9/h5,7-8H,6H2,1-4H3. The van der Waals surface area contributed by atoms with E-state index in [2.05, 4.69) is 4.98 Å². The molecule has 4 heteroatoms. The van der Waals surface area contributed by atoms with E-state index in [0.717, 1.165) is 5.56 Å². The lowest BCUT2D eigenvalue weighted by molar-refractivity contribution is -0.153. The van der Waals surface area contributed by atoms with Gasteiger partial charge in [-0.3, -0.25) is 9.78 Å². The highest BCUT2D eigenvalue weighted by molar-refractivity contribution is 5.73. The summed E-state index contributed by atoms with van der Waals surface area (Å²) in [5.74, 6) is 0.378. The fourth-order valence-corrected chi connectivity index (χ4v) is 1.22. The van der Waals surface area contributed by atoms with E-state index in [9.17, 15) is 4.79 Å². The average molecular weight is 223 g/mol. The fourth-order valence-electron chi connectivity index (χ4n) is 1.22. The quantitative estimate of drug-likeness (QED) is 0.735. The molecule has 1 rings (SSSR count). The Morgan fingerprint density at radius 3 is 2.62 bits per heavy atom. The molecule has 4 nitrogen and oxygen atoms in total. The molecule has 0 saturated carbocycles. The normalized spacial score (nSPS) is 11.0. The molecule has 0 aliphatic rings. The van der Waals surface area contributed by atoms with Crippen LogP contribution in [0.2, 0.25) is 0 Å². The number of aromatic nitrogens is 1. The maximum Gasteiger partial charge on any atom is 0.310 e. The van der Waals surface area contributed by atoms with Crippen LogP contribution in [0, 0.1) is 0 Å². The first-order valence-corrected chi connectivity index (χ1v) is 5.10. The van der Waals surface area contributed by atoms with Crippen molar-refractivity contribution in [1.82, 2.24) is 4.98 Å². The van der Waals surface area contributed by atoms with Crippen LogP contribution in [0.3, 0.4) is 0 Å². The Balaban J connectivity index is 2.62. The van der Waals surface area contributed by atoms with Gasteiger partial charge < -0.3 is 9.47 Å². The first kappa shape index (κ1) is 12.5. The third-order valence-corrected chi connectivity index (χ3v) is 1.77. The Hall–Kier alpha value is -1.58. The summed E-state index contributed by atoms with van der Waals surface area (Å²) in [5, 5.41) is 0. The van der Waals surface area contributed by atoms with Gasteiger partial charge in [0.25, 0.3) is 0 Å². The molecule has 0 saturated heterocycles. The minimum Gasteiger partial charge on any atom is -0.495 e. The van der Waals surface area contributed by atoms with Gasteiger partial charge in [-0.2, -0.15) is 0 Å². The number of hydrogen-bond acceptors (Lipinski definition) is 4. The van der Waals surface area contributed by atoms with Crippen LogP contribution in [0.15, 0.2) is 18.5 Å². The highest BCUT2D eigenvalue weighted by Crippen LogP contribution is 2.13. The summed E-state index contributed by atoms with van der Waals surface area (Å²) >= 11 is 0. The molecule has 0 fully saturated rings. The first-order valence-electron chi connectivity index (χ1n) is 5.10. The molecule has 1 aromatic rings. The van der Waals surface area contributed by atoms with Crippen molar-refractivity contribution in [2.75, 3.05) is 7.11 Å². The van der Waals surface area contributed by atoms with E-state index in [4.69, 9.17) is 9.47 Å². The van der Waals surface area contributed by atoms with Gasteiger partial charge in [-0.15, -0.1) is 0 Å². The summed E-state index contributed by atoms with van der Waals surface area (Å²) in [5.41, 5.74) is 0.331. The molecule has 0 spiro atoms. The van der Waals surface area contributed by atoms with Gasteiger partial charge in [0.1, 0.15) is 11.4 Å². The maximum absolute atomic E-state index is 11.5. The van der Waals surface area contributed by atoms with Gasteiger partial charge in [-0.05, 0) is 32.4 Å². The van der Waals surface area contributed by atoms with Crippen molar-refractivity contribution < 1.29 is 14.3 Å². The van der Waals surface area contributed by atoms with E-state index < -0.39 is 5.60 Å². The van der Waals surface area contributed by atoms with Crippen molar-refractivity contribution >= 4 is 5.97 Å². The summed E-state index contributed by atoms with van der Waals surface area (Å²) in [6.45, 7) is 5.53. The summed E-state index contributed by atoms with van der Waals surface area (Å²) in [6.07, 6.45) is 3.44. The van der Waals surface area contributed by atoms with E-state index in [-0.39, 0.29) is 12.4 Å². The van der Waals surface area contributed by atoms with Crippen molar-refractivity contribution in [3.63, 3.8) is 0 Å². The Kier molecular flexibility index (Phi) is 3.88. The highest BCUT2D eigenvalue weighted by atomic mass is 16.6. The van der Waals surface area contributed by atoms with Gasteiger partial charge in [0.15, 0.2) is 0 Å². The number of ether oxygens (including phenoxy) is 2. The third-order valence-electron chi connectivity index (χ3n) is 1.77. The number of carbonyl (C=O) groups is 1. The molecule has 0 unspecified atom stereocenters. The SMILES string of the molecule is COc1cncc(CC(=O)OC(C)(C)C)c1. The summed E-state index contributed by atoms with van der Waals surface area (Å²) in [6, 6.07) is 1.77. The smallest absolute Gasteiger partial charge is 0.310 e. The minimum absolute atomic E-state index is 0.210. The number of rotatable bonds is 3. The molecule has 0 N–H and O–H groups in total. The van der Waals surface area contributed by atoms with Crippen molar-refractivity contribution in [2.45, 2.75) is 32.8 Å². The van der Waals surface area contributed by atoms with Crippen LogP contribution in [0.5, 0.6) is 5.75 Å². The van der Waals surface area contributed by atoms with Crippen molar-refractivity contribution in [1.29, 1.82) is 0 Å². The zero-order chi connectivity index (χ0) is 12.2. The van der Waals surface area contributed by atoms with Gasteiger partial charge in [-0.1, -0.05) is 0 Å².